The van der Waals surface area contributed by atoms with Gasteiger partial charge in [0.05, 0.1) is 11.5 Å². The molecule has 0 spiro atoms. The van der Waals surface area contributed by atoms with E-state index in [1.165, 1.54) is 24.3 Å². The largest absolute Gasteiger partial charge is 0.493 e. The molecule has 0 atom stereocenters. The van der Waals surface area contributed by atoms with E-state index in [-0.39, 0.29) is 23.5 Å². The van der Waals surface area contributed by atoms with Crippen molar-refractivity contribution in [3.05, 3.63) is 46.5 Å². The van der Waals surface area contributed by atoms with Crippen molar-refractivity contribution in [2.45, 2.75) is 6.92 Å². The number of nitrogens with zero attached hydrogens (tertiary/aromatic N) is 1. The molecule has 0 unspecified atom stereocenters. The van der Waals surface area contributed by atoms with Gasteiger partial charge in [0.1, 0.15) is 5.75 Å². The van der Waals surface area contributed by atoms with Crippen molar-refractivity contribution in [1.29, 1.82) is 0 Å². The number of nitrogens with one attached hydrogen (secondary N) is 1. The summed E-state index contributed by atoms with van der Waals surface area (Å²) in [5.74, 6) is -0.348. The van der Waals surface area contributed by atoms with Crippen LogP contribution in [0.1, 0.15) is 17.3 Å². The van der Waals surface area contributed by atoms with E-state index in [2.05, 4.69) is 11.9 Å². The summed E-state index contributed by atoms with van der Waals surface area (Å²) in [7, 11) is 0. The number of rotatable bonds is 6. The van der Waals surface area contributed by atoms with Gasteiger partial charge in [0, 0.05) is 12.6 Å². The SMILES string of the molecule is C=CCNC(=O)c1c(OCC)cccc1[N+](=O)[O-]. The zero-order valence-electron chi connectivity index (χ0n) is 10.0. The molecule has 6 nitrogen and oxygen atoms in total. The van der Waals surface area contributed by atoms with Crippen LogP contribution in [0.2, 0.25) is 0 Å². The number of nitro groups is 1. The Morgan fingerprint density at radius 2 is 2.33 bits per heavy atom. The number of nitro benzene ring substituents is 1. The summed E-state index contributed by atoms with van der Waals surface area (Å²) in [4.78, 5) is 22.2. The molecule has 0 aliphatic heterocycles. The first kappa shape index (κ1) is 13.7. The van der Waals surface area contributed by atoms with Gasteiger partial charge in [-0.2, -0.15) is 0 Å². The molecule has 0 aliphatic carbocycles. The predicted molar refractivity (Wildman–Crippen MR) is 66.8 cm³/mol. The lowest BCUT2D eigenvalue weighted by molar-refractivity contribution is -0.385. The van der Waals surface area contributed by atoms with Crippen molar-refractivity contribution in [3.63, 3.8) is 0 Å². The van der Waals surface area contributed by atoms with Crippen LogP contribution in [0.3, 0.4) is 0 Å². The molecule has 0 saturated heterocycles. The van der Waals surface area contributed by atoms with Crippen molar-refractivity contribution < 1.29 is 14.5 Å². The number of hydrogen-bond acceptors (Lipinski definition) is 4. The summed E-state index contributed by atoms with van der Waals surface area (Å²) >= 11 is 0. The highest BCUT2D eigenvalue weighted by Gasteiger charge is 2.24. The summed E-state index contributed by atoms with van der Waals surface area (Å²) in [6.07, 6.45) is 1.49. The normalized spacial score (nSPS) is 9.61. The highest BCUT2D eigenvalue weighted by molar-refractivity contribution is 6.00. The van der Waals surface area contributed by atoms with E-state index in [1.807, 2.05) is 0 Å². The molecule has 0 aliphatic rings. The minimum Gasteiger partial charge on any atom is -0.493 e. The monoisotopic (exact) mass is 250 g/mol. The first-order chi connectivity index (χ1) is 8.61. The summed E-state index contributed by atoms with van der Waals surface area (Å²) in [6, 6.07) is 4.28. The maximum Gasteiger partial charge on any atom is 0.285 e. The van der Waals surface area contributed by atoms with Crippen LogP contribution in [0.4, 0.5) is 5.69 Å². The third-order valence-electron chi connectivity index (χ3n) is 2.13. The van der Waals surface area contributed by atoms with E-state index in [1.54, 1.807) is 6.92 Å². The predicted octanol–water partition coefficient (Wildman–Crippen LogP) is 1.91. The minimum atomic E-state index is -0.606. The standard InChI is InChI=1S/C12H14N2O4/c1-3-8-13-12(15)11-9(14(16)17)6-5-7-10(11)18-4-2/h3,5-7H,1,4,8H2,2H3,(H,13,15). The molecule has 1 aromatic carbocycles. The van der Waals surface area contributed by atoms with Crippen LogP contribution >= 0.6 is 0 Å². The Hall–Kier alpha value is -2.37. The second kappa shape index (κ2) is 6.39. The fourth-order valence-corrected chi connectivity index (χ4v) is 1.43. The molecule has 1 amide bonds. The quantitative estimate of drug-likeness (QED) is 0.475. The van der Waals surface area contributed by atoms with Crippen LogP contribution in [0.15, 0.2) is 30.9 Å². The maximum atomic E-state index is 11.9. The molecular weight excluding hydrogens is 236 g/mol. The molecule has 0 aromatic heterocycles. The van der Waals surface area contributed by atoms with Crippen molar-refractivity contribution in [1.82, 2.24) is 5.32 Å². The van der Waals surface area contributed by atoms with Gasteiger partial charge in [-0.1, -0.05) is 12.1 Å². The Morgan fingerprint density at radius 3 is 2.89 bits per heavy atom. The topological polar surface area (TPSA) is 81.5 Å². The zero-order valence-corrected chi connectivity index (χ0v) is 10.0. The van der Waals surface area contributed by atoms with E-state index in [4.69, 9.17) is 4.74 Å². The summed E-state index contributed by atoms with van der Waals surface area (Å²) in [5, 5.41) is 13.4. The molecule has 96 valence electrons. The molecule has 1 aromatic rings. The molecule has 0 fully saturated rings. The van der Waals surface area contributed by atoms with Gasteiger partial charge in [-0.15, -0.1) is 6.58 Å². The minimum absolute atomic E-state index is 0.0637. The highest BCUT2D eigenvalue weighted by atomic mass is 16.6. The van der Waals surface area contributed by atoms with Crippen molar-refractivity contribution in [2.75, 3.05) is 13.2 Å². The zero-order chi connectivity index (χ0) is 13.5. The van der Waals surface area contributed by atoms with E-state index < -0.39 is 10.8 Å². The first-order valence-corrected chi connectivity index (χ1v) is 5.41. The van der Waals surface area contributed by atoms with Crippen LogP contribution in [-0.2, 0) is 0 Å². The van der Waals surface area contributed by atoms with Crippen molar-refractivity contribution in [2.24, 2.45) is 0 Å². The van der Waals surface area contributed by atoms with Crippen molar-refractivity contribution >= 4 is 11.6 Å². The fourth-order valence-electron chi connectivity index (χ4n) is 1.43. The Kier molecular flexibility index (Phi) is 4.86. The molecule has 18 heavy (non-hydrogen) atoms. The van der Waals surface area contributed by atoms with Gasteiger partial charge in [0.25, 0.3) is 11.6 Å². The highest BCUT2D eigenvalue weighted by Crippen LogP contribution is 2.28. The third-order valence-corrected chi connectivity index (χ3v) is 2.13. The van der Waals surface area contributed by atoms with E-state index >= 15 is 0 Å². The number of ether oxygens (including phenoxy) is 1. The molecule has 0 heterocycles. The number of hydrogen-bond donors (Lipinski definition) is 1. The van der Waals surface area contributed by atoms with Crippen LogP contribution in [0, 0.1) is 10.1 Å². The third kappa shape index (κ3) is 3.07. The smallest absolute Gasteiger partial charge is 0.285 e. The Labute approximate surface area is 104 Å². The average molecular weight is 250 g/mol. The lowest BCUT2D eigenvalue weighted by Crippen LogP contribution is -2.24. The molecule has 0 radical (unpaired) electrons. The van der Waals surface area contributed by atoms with Gasteiger partial charge >= 0.3 is 0 Å². The molecule has 0 bridgehead atoms. The van der Waals surface area contributed by atoms with Gasteiger partial charge in [-0.25, -0.2) is 0 Å². The Bertz CT molecular complexity index is 471. The van der Waals surface area contributed by atoms with E-state index in [0.717, 1.165) is 0 Å². The van der Waals surface area contributed by atoms with E-state index in [0.29, 0.717) is 6.61 Å². The second-order valence-corrected chi connectivity index (χ2v) is 3.34. The fraction of sp³-hybridized carbons (Fsp3) is 0.250. The van der Waals surface area contributed by atoms with Crippen LogP contribution in [-0.4, -0.2) is 24.0 Å². The molecule has 1 N–H and O–H groups in total. The van der Waals surface area contributed by atoms with Gasteiger partial charge in [0.2, 0.25) is 0 Å². The van der Waals surface area contributed by atoms with Crippen LogP contribution in [0.5, 0.6) is 5.75 Å². The van der Waals surface area contributed by atoms with Gasteiger partial charge < -0.3 is 10.1 Å². The molecule has 0 saturated carbocycles. The molecular formula is C12H14N2O4. The van der Waals surface area contributed by atoms with Crippen LogP contribution < -0.4 is 10.1 Å². The summed E-state index contributed by atoms with van der Waals surface area (Å²) < 4.78 is 5.24. The first-order valence-electron chi connectivity index (χ1n) is 5.41. The van der Waals surface area contributed by atoms with Crippen LogP contribution in [0.25, 0.3) is 0 Å². The average Bonchev–Trinajstić information content (AvgIpc) is 2.36. The van der Waals surface area contributed by atoms with E-state index in [9.17, 15) is 14.9 Å². The van der Waals surface area contributed by atoms with Crippen molar-refractivity contribution in [3.8, 4) is 5.75 Å². The number of amides is 1. The van der Waals surface area contributed by atoms with Gasteiger partial charge in [-0.05, 0) is 13.0 Å². The molecule has 6 heteroatoms. The maximum absolute atomic E-state index is 11.9. The lowest BCUT2D eigenvalue weighted by atomic mass is 10.1. The number of carbonyl (C=O) groups excluding carboxylic acids is 1. The Morgan fingerprint density at radius 1 is 1.61 bits per heavy atom. The number of carbonyl (C=O) groups is 1. The summed E-state index contributed by atoms with van der Waals surface area (Å²) in [6.45, 7) is 5.76. The Balaban J connectivity index is 3.21. The molecule has 1 rings (SSSR count). The number of benzene rings is 1. The van der Waals surface area contributed by atoms with Gasteiger partial charge in [0.15, 0.2) is 5.56 Å². The second-order valence-electron chi connectivity index (χ2n) is 3.34. The van der Waals surface area contributed by atoms with Gasteiger partial charge in [-0.3, -0.25) is 14.9 Å². The lowest BCUT2D eigenvalue weighted by Gasteiger charge is -2.09. The summed E-state index contributed by atoms with van der Waals surface area (Å²) in [5.41, 5.74) is -0.339.